The van der Waals surface area contributed by atoms with Crippen LogP contribution in [0.4, 0.5) is 5.00 Å². The fourth-order valence-electron chi connectivity index (χ4n) is 4.04. The van der Waals surface area contributed by atoms with Gasteiger partial charge in [0, 0.05) is 4.88 Å². The molecule has 0 aromatic carbocycles. The Morgan fingerprint density at radius 2 is 1.92 bits per heavy atom. The SMILES string of the molecule is COC(=O)c1c(NC(=O)CC[NH+]2C[C@@H](C)O[C@@H](C)C2)sc2c1CCCC2. The molecule has 3 rings (SSSR count). The molecule has 2 aliphatic rings. The van der Waals surface area contributed by atoms with E-state index in [1.54, 1.807) is 0 Å². The van der Waals surface area contributed by atoms with Gasteiger partial charge in [-0.2, -0.15) is 0 Å². The Kier molecular flexibility index (Phi) is 6.32. The van der Waals surface area contributed by atoms with Gasteiger partial charge in [-0.3, -0.25) is 4.79 Å². The summed E-state index contributed by atoms with van der Waals surface area (Å²) in [5.74, 6) is -0.380. The number of amides is 1. The van der Waals surface area contributed by atoms with Crippen molar-refractivity contribution in [3.05, 3.63) is 16.0 Å². The molecule has 26 heavy (non-hydrogen) atoms. The lowest BCUT2D eigenvalue weighted by atomic mass is 9.95. The summed E-state index contributed by atoms with van der Waals surface area (Å²) < 4.78 is 10.7. The first-order chi connectivity index (χ1) is 12.5. The molecule has 3 atom stereocenters. The molecule has 6 nitrogen and oxygen atoms in total. The predicted octanol–water partition coefficient (Wildman–Crippen LogP) is 1.43. The summed E-state index contributed by atoms with van der Waals surface area (Å²) in [5, 5.41) is 3.64. The van der Waals surface area contributed by atoms with Gasteiger partial charge < -0.3 is 19.7 Å². The number of carbonyl (C=O) groups excluding carboxylic acids is 2. The number of rotatable bonds is 5. The van der Waals surface area contributed by atoms with Crippen molar-refractivity contribution >= 4 is 28.2 Å². The van der Waals surface area contributed by atoms with Crippen LogP contribution in [0.5, 0.6) is 0 Å². The van der Waals surface area contributed by atoms with Gasteiger partial charge in [-0.05, 0) is 45.1 Å². The van der Waals surface area contributed by atoms with Gasteiger partial charge >= 0.3 is 5.97 Å². The van der Waals surface area contributed by atoms with Crippen LogP contribution in [0.25, 0.3) is 0 Å². The Morgan fingerprint density at radius 3 is 2.62 bits per heavy atom. The highest BCUT2D eigenvalue weighted by atomic mass is 32.1. The summed E-state index contributed by atoms with van der Waals surface area (Å²) in [5.41, 5.74) is 1.64. The lowest BCUT2D eigenvalue weighted by Crippen LogP contribution is -3.15. The lowest BCUT2D eigenvalue weighted by Gasteiger charge is -2.32. The van der Waals surface area contributed by atoms with Gasteiger partial charge in [0.15, 0.2) is 0 Å². The molecule has 0 spiro atoms. The number of morpholine rings is 1. The van der Waals surface area contributed by atoms with Crippen molar-refractivity contribution in [2.75, 3.05) is 32.1 Å². The zero-order valence-electron chi connectivity index (χ0n) is 15.9. The molecule has 1 aromatic heterocycles. The van der Waals surface area contributed by atoms with Crippen LogP contribution in [0.2, 0.25) is 0 Å². The predicted molar refractivity (Wildman–Crippen MR) is 101 cm³/mol. The Hall–Kier alpha value is -1.44. The minimum absolute atomic E-state index is 0.0342. The molecule has 1 aliphatic heterocycles. The summed E-state index contributed by atoms with van der Waals surface area (Å²) in [6.45, 7) is 6.79. The highest BCUT2D eigenvalue weighted by Gasteiger charge is 2.28. The molecule has 0 radical (unpaired) electrons. The molecule has 7 heteroatoms. The van der Waals surface area contributed by atoms with E-state index in [2.05, 4.69) is 19.2 Å². The quantitative estimate of drug-likeness (QED) is 0.757. The third-order valence-corrected chi connectivity index (χ3v) is 6.34. The molecule has 2 heterocycles. The number of aryl methyl sites for hydroxylation is 1. The number of hydrogen-bond acceptors (Lipinski definition) is 5. The van der Waals surface area contributed by atoms with Crippen molar-refractivity contribution in [2.24, 2.45) is 0 Å². The second-order valence-corrected chi connectivity index (χ2v) is 8.48. The average molecular weight is 382 g/mol. The van der Waals surface area contributed by atoms with Crippen molar-refractivity contribution in [3.63, 3.8) is 0 Å². The van der Waals surface area contributed by atoms with Crippen LogP contribution in [0.3, 0.4) is 0 Å². The van der Waals surface area contributed by atoms with Gasteiger partial charge in [0.05, 0.1) is 25.6 Å². The third kappa shape index (κ3) is 4.45. The number of fused-ring (bicyclic) bond motifs is 1. The fraction of sp³-hybridized carbons (Fsp3) is 0.684. The number of esters is 1. The molecule has 144 valence electrons. The van der Waals surface area contributed by atoms with Crippen LogP contribution in [0.1, 0.15) is 53.9 Å². The summed E-state index contributed by atoms with van der Waals surface area (Å²) in [6.07, 6.45) is 4.99. The third-order valence-electron chi connectivity index (χ3n) is 5.14. The molecule has 1 aliphatic carbocycles. The molecule has 1 fully saturated rings. The van der Waals surface area contributed by atoms with Crippen LogP contribution >= 0.6 is 11.3 Å². The van der Waals surface area contributed by atoms with Gasteiger partial charge in [0.1, 0.15) is 30.3 Å². The van der Waals surface area contributed by atoms with Crippen molar-refractivity contribution < 1.29 is 24.0 Å². The van der Waals surface area contributed by atoms with E-state index in [0.717, 1.165) is 50.9 Å². The standard InChI is InChI=1S/C19H28N2O4S/c1-12-10-21(11-13(2)25-12)9-8-16(22)20-18-17(19(23)24-3)14-6-4-5-7-15(14)26-18/h12-13H,4-11H2,1-3H3,(H,20,22)/p+1/t12-,13+. The van der Waals surface area contributed by atoms with E-state index in [1.165, 1.54) is 28.2 Å². The van der Waals surface area contributed by atoms with Gasteiger partial charge in [-0.25, -0.2) is 4.79 Å². The second kappa shape index (κ2) is 8.50. The van der Waals surface area contributed by atoms with Gasteiger partial charge in [0.25, 0.3) is 0 Å². The van der Waals surface area contributed by atoms with Gasteiger partial charge in [-0.15, -0.1) is 11.3 Å². The zero-order valence-corrected chi connectivity index (χ0v) is 16.7. The minimum Gasteiger partial charge on any atom is -0.465 e. The van der Waals surface area contributed by atoms with E-state index in [-0.39, 0.29) is 24.1 Å². The number of methoxy groups -OCH3 is 1. The molecule has 0 saturated carbocycles. The molecule has 1 amide bonds. The van der Waals surface area contributed by atoms with E-state index >= 15 is 0 Å². The molecular formula is C19H29N2O4S+. The minimum atomic E-state index is -0.346. The normalized spacial score (nSPS) is 25.4. The molecule has 1 unspecified atom stereocenters. The van der Waals surface area contributed by atoms with E-state index in [1.807, 2.05) is 0 Å². The first-order valence-electron chi connectivity index (χ1n) is 9.49. The number of ether oxygens (including phenoxy) is 2. The molecular weight excluding hydrogens is 352 g/mol. The Balaban J connectivity index is 1.64. The summed E-state index contributed by atoms with van der Waals surface area (Å²) in [4.78, 5) is 27.3. The molecule has 2 N–H and O–H groups in total. The van der Waals surface area contributed by atoms with Crippen molar-refractivity contribution in [1.29, 1.82) is 0 Å². The van der Waals surface area contributed by atoms with Crippen LogP contribution in [0, 0.1) is 0 Å². The van der Waals surface area contributed by atoms with Crippen molar-refractivity contribution in [2.45, 2.75) is 58.2 Å². The number of nitrogens with one attached hydrogen (secondary N) is 2. The number of carbonyl (C=O) groups is 2. The monoisotopic (exact) mass is 381 g/mol. The lowest BCUT2D eigenvalue weighted by molar-refractivity contribution is -0.914. The van der Waals surface area contributed by atoms with Gasteiger partial charge in [-0.1, -0.05) is 0 Å². The number of quaternary nitrogens is 1. The van der Waals surface area contributed by atoms with Crippen LogP contribution in [0.15, 0.2) is 0 Å². The van der Waals surface area contributed by atoms with Crippen molar-refractivity contribution in [3.8, 4) is 0 Å². The highest BCUT2D eigenvalue weighted by Crippen LogP contribution is 2.38. The van der Waals surface area contributed by atoms with Crippen LogP contribution in [-0.4, -0.2) is 50.8 Å². The topological polar surface area (TPSA) is 69.1 Å². The van der Waals surface area contributed by atoms with E-state index < -0.39 is 0 Å². The van der Waals surface area contributed by atoms with E-state index in [9.17, 15) is 9.59 Å². The number of anilines is 1. The molecule has 0 bridgehead atoms. The van der Waals surface area contributed by atoms with Crippen LogP contribution in [-0.2, 0) is 27.1 Å². The smallest absolute Gasteiger partial charge is 0.341 e. The fourth-order valence-corrected chi connectivity index (χ4v) is 5.34. The van der Waals surface area contributed by atoms with Crippen LogP contribution < -0.4 is 10.2 Å². The maximum atomic E-state index is 12.5. The second-order valence-electron chi connectivity index (χ2n) is 7.37. The Bertz CT molecular complexity index is 663. The largest absolute Gasteiger partial charge is 0.465 e. The van der Waals surface area contributed by atoms with Gasteiger partial charge in [0.2, 0.25) is 5.91 Å². The first kappa shape index (κ1) is 19.3. The number of hydrogen-bond donors (Lipinski definition) is 2. The maximum Gasteiger partial charge on any atom is 0.341 e. The summed E-state index contributed by atoms with van der Waals surface area (Å²) >= 11 is 1.54. The van der Waals surface area contributed by atoms with E-state index in [4.69, 9.17) is 9.47 Å². The highest BCUT2D eigenvalue weighted by molar-refractivity contribution is 7.17. The number of thiophene rings is 1. The molecule has 1 saturated heterocycles. The van der Waals surface area contributed by atoms with Crippen molar-refractivity contribution in [1.82, 2.24) is 0 Å². The first-order valence-corrected chi connectivity index (χ1v) is 10.3. The summed E-state index contributed by atoms with van der Waals surface area (Å²) in [7, 11) is 1.39. The average Bonchev–Trinajstić information content (AvgIpc) is 2.96. The zero-order chi connectivity index (χ0) is 18.7. The van der Waals surface area contributed by atoms with E-state index in [0.29, 0.717) is 17.0 Å². The maximum absolute atomic E-state index is 12.5. The Morgan fingerprint density at radius 1 is 1.23 bits per heavy atom. The Labute approximate surface area is 158 Å². The molecule has 1 aromatic rings. The summed E-state index contributed by atoms with van der Waals surface area (Å²) in [6, 6.07) is 0.